The maximum atomic E-state index is 12.8. The Hall–Kier alpha value is -2.54. The fraction of sp³-hybridized carbons (Fsp3) is 0.545. The van der Waals surface area contributed by atoms with Crippen LogP contribution in [0.5, 0.6) is 0 Å². The number of hydrogen-bond donors (Lipinski definition) is 2. The number of carbonyl (C=O) groups excluding carboxylic acids is 2. The summed E-state index contributed by atoms with van der Waals surface area (Å²) in [7, 11) is 0. The number of carbonyl (C=O) groups is 2. The maximum Gasteiger partial charge on any atom is 0.321 e. The first-order valence-electron chi connectivity index (χ1n) is 10.7. The number of nitrogens with zero attached hydrogens (tertiary/aromatic N) is 3. The first kappa shape index (κ1) is 21.2. The van der Waals surface area contributed by atoms with Crippen LogP contribution in [0.25, 0.3) is 0 Å². The van der Waals surface area contributed by atoms with E-state index in [1.807, 2.05) is 23.1 Å². The van der Waals surface area contributed by atoms with Gasteiger partial charge in [0, 0.05) is 45.8 Å². The van der Waals surface area contributed by atoms with Gasteiger partial charge in [0.15, 0.2) is 0 Å². The normalized spacial score (nSPS) is 18.1. The van der Waals surface area contributed by atoms with Crippen molar-refractivity contribution < 1.29 is 9.59 Å². The Bertz CT molecular complexity index is 692. The Morgan fingerprint density at radius 1 is 0.966 bits per heavy atom. The molecular weight excluding hydrogens is 366 g/mol. The monoisotopic (exact) mass is 399 g/mol. The highest BCUT2D eigenvalue weighted by Crippen LogP contribution is 2.28. The van der Waals surface area contributed by atoms with Gasteiger partial charge < -0.3 is 20.4 Å². The van der Waals surface area contributed by atoms with Crippen LogP contribution >= 0.6 is 0 Å². The lowest BCUT2D eigenvalue weighted by atomic mass is 10.2. The van der Waals surface area contributed by atoms with Crippen molar-refractivity contribution in [1.29, 1.82) is 0 Å². The van der Waals surface area contributed by atoms with Crippen molar-refractivity contribution >= 4 is 23.3 Å². The Morgan fingerprint density at radius 2 is 1.66 bits per heavy atom. The molecule has 0 spiro atoms. The van der Waals surface area contributed by atoms with Crippen molar-refractivity contribution in [2.45, 2.75) is 25.7 Å². The molecule has 0 atom stereocenters. The second-order valence-corrected chi connectivity index (χ2v) is 7.70. The average molecular weight is 400 g/mol. The highest BCUT2D eigenvalue weighted by Gasteiger charge is 2.23. The molecule has 0 aliphatic carbocycles. The molecule has 2 aliphatic rings. The summed E-state index contributed by atoms with van der Waals surface area (Å²) in [6.07, 6.45) is 6.63. The lowest BCUT2D eigenvalue weighted by Crippen LogP contribution is -2.52. The molecule has 3 rings (SSSR count). The van der Waals surface area contributed by atoms with Crippen molar-refractivity contribution in [2.24, 2.45) is 0 Å². The summed E-state index contributed by atoms with van der Waals surface area (Å²) < 4.78 is 0. The molecule has 2 fully saturated rings. The van der Waals surface area contributed by atoms with Crippen LogP contribution in [0.3, 0.4) is 0 Å². The van der Waals surface area contributed by atoms with Gasteiger partial charge in [0.1, 0.15) is 0 Å². The molecule has 0 aromatic heterocycles. The molecule has 2 N–H and O–H groups in total. The summed E-state index contributed by atoms with van der Waals surface area (Å²) >= 11 is 0. The van der Waals surface area contributed by atoms with Gasteiger partial charge in [0.05, 0.1) is 17.9 Å². The molecule has 2 aliphatic heterocycles. The van der Waals surface area contributed by atoms with E-state index in [2.05, 4.69) is 33.1 Å². The van der Waals surface area contributed by atoms with Crippen LogP contribution in [0.1, 0.15) is 25.7 Å². The first-order chi connectivity index (χ1) is 14.2. The second-order valence-electron chi connectivity index (χ2n) is 7.70. The Balaban J connectivity index is 1.52. The van der Waals surface area contributed by atoms with E-state index < -0.39 is 0 Å². The fourth-order valence-electron chi connectivity index (χ4n) is 3.92. The zero-order valence-electron chi connectivity index (χ0n) is 17.2. The van der Waals surface area contributed by atoms with Crippen molar-refractivity contribution in [3.63, 3.8) is 0 Å². The molecule has 1 aromatic carbocycles. The number of piperazine rings is 1. The lowest BCUT2D eigenvalue weighted by molar-refractivity contribution is -0.122. The molecule has 0 saturated carbocycles. The van der Waals surface area contributed by atoms with E-state index in [1.165, 1.54) is 25.7 Å². The topological polar surface area (TPSA) is 67.9 Å². The van der Waals surface area contributed by atoms with E-state index in [-0.39, 0.29) is 11.9 Å². The number of urea groups is 1. The van der Waals surface area contributed by atoms with E-state index in [9.17, 15) is 9.59 Å². The SMILES string of the molecule is C=CCNC(=O)CN1CCN(C(=O)Nc2ccccc2N2CCCCCC2)CC1. The average Bonchev–Trinajstić information content (AvgIpc) is 3.02. The molecular formula is C22H33N5O2. The summed E-state index contributed by atoms with van der Waals surface area (Å²) in [5.41, 5.74) is 1.99. The summed E-state index contributed by atoms with van der Waals surface area (Å²) in [6.45, 7) is 9.16. The molecule has 3 amide bonds. The van der Waals surface area contributed by atoms with Gasteiger partial charge in [-0.25, -0.2) is 4.79 Å². The summed E-state index contributed by atoms with van der Waals surface area (Å²) in [6, 6.07) is 8.02. The van der Waals surface area contributed by atoms with E-state index in [0.29, 0.717) is 39.3 Å². The van der Waals surface area contributed by atoms with Crippen LogP contribution in [0.15, 0.2) is 36.9 Å². The van der Waals surface area contributed by atoms with E-state index in [4.69, 9.17) is 0 Å². The lowest BCUT2D eigenvalue weighted by Gasteiger charge is -2.34. The number of nitrogens with one attached hydrogen (secondary N) is 2. The number of rotatable bonds is 6. The smallest absolute Gasteiger partial charge is 0.321 e. The van der Waals surface area contributed by atoms with Gasteiger partial charge in [-0.05, 0) is 25.0 Å². The predicted molar refractivity (Wildman–Crippen MR) is 117 cm³/mol. The van der Waals surface area contributed by atoms with E-state index in [1.54, 1.807) is 6.08 Å². The minimum atomic E-state index is -0.0666. The Labute approximate surface area is 173 Å². The van der Waals surface area contributed by atoms with Crippen LogP contribution in [0, 0.1) is 0 Å². The van der Waals surface area contributed by atoms with Crippen LogP contribution in [-0.2, 0) is 4.79 Å². The third kappa shape index (κ3) is 6.22. The Morgan fingerprint density at radius 3 is 2.34 bits per heavy atom. The minimum absolute atomic E-state index is 0.00539. The molecule has 2 heterocycles. The van der Waals surface area contributed by atoms with Gasteiger partial charge in [0.25, 0.3) is 0 Å². The molecule has 0 radical (unpaired) electrons. The van der Waals surface area contributed by atoms with Gasteiger partial charge in [-0.3, -0.25) is 9.69 Å². The summed E-state index contributed by atoms with van der Waals surface area (Å²) in [5, 5.41) is 5.91. The van der Waals surface area contributed by atoms with E-state index in [0.717, 1.165) is 24.5 Å². The van der Waals surface area contributed by atoms with Crippen molar-refractivity contribution in [2.75, 3.05) is 62.6 Å². The highest BCUT2D eigenvalue weighted by atomic mass is 16.2. The quantitative estimate of drug-likeness (QED) is 0.722. The number of hydrogen-bond acceptors (Lipinski definition) is 4. The standard InChI is InChI=1S/C22H33N5O2/c1-2-11-23-21(28)18-25-14-16-27(17-15-25)22(29)24-19-9-5-6-10-20(19)26-12-7-3-4-8-13-26/h2,5-6,9-10H,1,3-4,7-8,11-18H2,(H,23,28)(H,24,29). The first-order valence-corrected chi connectivity index (χ1v) is 10.7. The van der Waals surface area contributed by atoms with Gasteiger partial charge in [-0.1, -0.05) is 31.1 Å². The van der Waals surface area contributed by atoms with Gasteiger partial charge >= 0.3 is 6.03 Å². The van der Waals surface area contributed by atoms with Crippen molar-refractivity contribution in [3.05, 3.63) is 36.9 Å². The molecule has 7 heteroatoms. The maximum absolute atomic E-state index is 12.8. The van der Waals surface area contributed by atoms with Crippen LogP contribution in [0.4, 0.5) is 16.2 Å². The van der Waals surface area contributed by atoms with Crippen molar-refractivity contribution in [1.82, 2.24) is 15.1 Å². The molecule has 7 nitrogen and oxygen atoms in total. The zero-order valence-corrected chi connectivity index (χ0v) is 17.2. The van der Waals surface area contributed by atoms with Gasteiger partial charge in [-0.15, -0.1) is 6.58 Å². The highest BCUT2D eigenvalue weighted by molar-refractivity contribution is 5.93. The predicted octanol–water partition coefficient (Wildman–Crippen LogP) is 2.52. The van der Waals surface area contributed by atoms with Gasteiger partial charge in [-0.2, -0.15) is 0 Å². The molecule has 1 aromatic rings. The molecule has 0 unspecified atom stereocenters. The zero-order chi connectivity index (χ0) is 20.5. The van der Waals surface area contributed by atoms with Crippen molar-refractivity contribution in [3.8, 4) is 0 Å². The third-order valence-electron chi connectivity index (χ3n) is 5.56. The number of anilines is 2. The van der Waals surface area contributed by atoms with E-state index >= 15 is 0 Å². The third-order valence-corrected chi connectivity index (χ3v) is 5.56. The van der Waals surface area contributed by atoms with Crippen LogP contribution in [0.2, 0.25) is 0 Å². The largest absolute Gasteiger partial charge is 0.370 e. The Kier molecular flexibility index (Phi) is 7.93. The number of amides is 3. The second kappa shape index (κ2) is 10.9. The molecule has 29 heavy (non-hydrogen) atoms. The van der Waals surface area contributed by atoms with Crippen LogP contribution in [-0.4, -0.2) is 74.1 Å². The summed E-state index contributed by atoms with van der Waals surface area (Å²) in [5.74, 6) is -0.00539. The molecule has 158 valence electrons. The summed E-state index contributed by atoms with van der Waals surface area (Å²) in [4.78, 5) is 31.0. The number of benzene rings is 1. The van der Waals surface area contributed by atoms with Gasteiger partial charge in [0.2, 0.25) is 5.91 Å². The molecule has 2 saturated heterocycles. The molecule has 0 bridgehead atoms. The number of para-hydroxylation sites is 2. The fourth-order valence-corrected chi connectivity index (χ4v) is 3.92. The van der Waals surface area contributed by atoms with Crippen LogP contribution < -0.4 is 15.5 Å². The minimum Gasteiger partial charge on any atom is -0.370 e.